The SMILES string of the molecule is Cc1ccc([N+](=O)[O-])c(OCc2csc(C)n2)c1. The fourth-order valence-corrected chi connectivity index (χ4v) is 2.11. The summed E-state index contributed by atoms with van der Waals surface area (Å²) >= 11 is 1.53. The molecule has 0 atom stereocenters. The van der Waals surface area contributed by atoms with Gasteiger partial charge in [0.25, 0.3) is 0 Å². The van der Waals surface area contributed by atoms with E-state index in [4.69, 9.17) is 4.74 Å². The lowest BCUT2D eigenvalue weighted by atomic mass is 10.2. The van der Waals surface area contributed by atoms with Crippen LogP contribution in [0.5, 0.6) is 5.75 Å². The highest BCUT2D eigenvalue weighted by Gasteiger charge is 2.15. The molecule has 6 heteroatoms. The zero-order chi connectivity index (χ0) is 13.1. The number of rotatable bonds is 4. The maximum Gasteiger partial charge on any atom is 0.310 e. The van der Waals surface area contributed by atoms with Crippen LogP contribution >= 0.6 is 11.3 Å². The first-order valence-electron chi connectivity index (χ1n) is 5.35. The number of aromatic nitrogens is 1. The standard InChI is InChI=1S/C12H12N2O3S/c1-8-3-4-11(14(15)16)12(5-8)17-6-10-7-18-9(2)13-10/h3-5,7H,6H2,1-2H3. The van der Waals surface area contributed by atoms with Crippen LogP contribution in [0, 0.1) is 24.0 Å². The van der Waals surface area contributed by atoms with Crippen LogP contribution in [0.4, 0.5) is 5.69 Å². The van der Waals surface area contributed by atoms with E-state index in [0.717, 1.165) is 16.3 Å². The van der Waals surface area contributed by atoms with E-state index in [-0.39, 0.29) is 18.0 Å². The van der Waals surface area contributed by atoms with Crippen molar-refractivity contribution in [2.75, 3.05) is 0 Å². The number of nitro benzene ring substituents is 1. The summed E-state index contributed by atoms with van der Waals surface area (Å²) in [5.41, 5.74) is 1.69. The third-order valence-corrected chi connectivity index (χ3v) is 3.18. The van der Waals surface area contributed by atoms with E-state index < -0.39 is 4.92 Å². The van der Waals surface area contributed by atoms with Crippen molar-refractivity contribution in [2.24, 2.45) is 0 Å². The van der Waals surface area contributed by atoms with Crippen molar-refractivity contribution in [3.63, 3.8) is 0 Å². The van der Waals surface area contributed by atoms with Crippen LogP contribution in [0.2, 0.25) is 0 Å². The van der Waals surface area contributed by atoms with Crippen molar-refractivity contribution in [3.8, 4) is 5.75 Å². The second-order valence-electron chi connectivity index (χ2n) is 3.87. The van der Waals surface area contributed by atoms with Crippen molar-refractivity contribution >= 4 is 17.0 Å². The summed E-state index contributed by atoms with van der Waals surface area (Å²) in [5, 5.41) is 13.7. The van der Waals surface area contributed by atoms with E-state index in [2.05, 4.69) is 4.98 Å². The summed E-state index contributed by atoms with van der Waals surface area (Å²) in [6.45, 7) is 4.02. The van der Waals surface area contributed by atoms with E-state index in [1.807, 2.05) is 19.2 Å². The lowest BCUT2D eigenvalue weighted by molar-refractivity contribution is -0.386. The second kappa shape index (κ2) is 5.14. The number of benzene rings is 1. The summed E-state index contributed by atoms with van der Waals surface area (Å²) in [6.07, 6.45) is 0. The Hall–Kier alpha value is -1.95. The molecule has 18 heavy (non-hydrogen) atoms. The van der Waals surface area contributed by atoms with Crippen LogP contribution in [0.1, 0.15) is 16.3 Å². The van der Waals surface area contributed by atoms with Gasteiger partial charge in [-0.15, -0.1) is 11.3 Å². The highest BCUT2D eigenvalue weighted by Crippen LogP contribution is 2.28. The Bertz CT molecular complexity index is 580. The maximum absolute atomic E-state index is 10.9. The van der Waals surface area contributed by atoms with Crippen LogP contribution in [0.3, 0.4) is 0 Å². The van der Waals surface area contributed by atoms with Crippen molar-refractivity contribution in [1.29, 1.82) is 0 Å². The Labute approximate surface area is 108 Å². The minimum atomic E-state index is -0.443. The first kappa shape index (κ1) is 12.5. The number of nitrogens with zero attached hydrogens (tertiary/aromatic N) is 2. The number of aryl methyl sites for hydroxylation is 2. The predicted octanol–water partition coefficient (Wildman–Crippen LogP) is 3.25. The van der Waals surface area contributed by atoms with Gasteiger partial charge >= 0.3 is 5.69 Å². The van der Waals surface area contributed by atoms with Gasteiger partial charge in [0.1, 0.15) is 6.61 Å². The second-order valence-corrected chi connectivity index (χ2v) is 4.94. The van der Waals surface area contributed by atoms with E-state index >= 15 is 0 Å². The largest absolute Gasteiger partial charge is 0.480 e. The topological polar surface area (TPSA) is 65.3 Å². The fraction of sp³-hybridized carbons (Fsp3) is 0.250. The Morgan fingerprint density at radius 3 is 2.83 bits per heavy atom. The molecule has 0 radical (unpaired) electrons. The molecule has 0 spiro atoms. The summed E-state index contributed by atoms with van der Waals surface area (Å²) < 4.78 is 5.48. The van der Waals surface area contributed by atoms with Crippen LogP contribution < -0.4 is 4.74 Å². The molecule has 0 aliphatic rings. The van der Waals surface area contributed by atoms with Crippen molar-refractivity contribution in [2.45, 2.75) is 20.5 Å². The van der Waals surface area contributed by atoms with E-state index in [0.29, 0.717) is 0 Å². The summed E-state index contributed by atoms with van der Waals surface area (Å²) in [6, 6.07) is 4.81. The lowest BCUT2D eigenvalue weighted by Crippen LogP contribution is -1.99. The molecule has 0 saturated carbocycles. The minimum Gasteiger partial charge on any atom is -0.480 e. The first-order chi connectivity index (χ1) is 8.56. The summed E-state index contributed by atoms with van der Waals surface area (Å²) in [4.78, 5) is 14.7. The molecule has 94 valence electrons. The van der Waals surface area contributed by atoms with Crippen LogP contribution in [-0.2, 0) is 6.61 Å². The quantitative estimate of drug-likeness (QED) is 0.628. The Kier molecular flexibility index (Phi) is 3.57. The molecule has 0 unspecified atom stereocenters. The van der Waals surface area contributed by atoms with Gasteiger partial charge in [-0.25, -0.2) is 4.98 Å². The van der Waals surface area contributed by atoms with E-state index in [1.165, 1.54) is 17.4 Å². The Morgan fingerprint density at radius 2 is 2.22 bits per heavy atom. The van der Waals surface area contributed by atoms with E-state index in [9.17, 15) is 10.1 Å². The molecule has 2 aromatic rings. The van der Waals surface area contributed by atoms with Crippen molar-refractivity contribution < 1.29 is 9.66 Å². The van der Waals surface area contributed by atoms with Crippen LogP contribution in [0.25, 0.3) is 0 Å². The average Bonchev–Trinajstić information content (AvgIpc) is 2.72. The number of nitro groups is 1. The Balaban J connectivity index is 2.17. The predicted molar refractivity (Wildman–Crippen MR) is 69.0 cm³/mol. The van der Waals surface area contributed by atoms with Crippen molar-refractivity contribution in [1.82, 2.24) is 4.98 Å². The van der Waals surface area contributed by atoms with E-state index in [1.54, 1.807) is 12.1 Å². The molecule has 0 fully saturated rings. The molecule has 1 aromatic carbocycles. The van der Waals surface area contributed by atoms with Gasteiger partial charge in [0, 0.05) is 11.4 Å². The molecule has 0 amide bonds. The summed E-state index contributed by atoms with van der Waals surface area (Å²) in [5.74, 6) is 0.283. The molecule has 0 N–H and O–H groups in total. The van der Waals surface area contributed by atoms with Crippen LogP contribution in [-0.4, -0.2) is 9.91 Å². The fourth-order valence-electron chi connectivity index (χ4n) is 1.51. The molecule has 5 nitrogen and oxygen atoms in total. The smallest absolute Gasteiger partial charge is 0.310 e. The number of hydrogen-bond donors (Lipinski definition) is 0. The first-order valence-corrected chi connectivity index (χ1v) is 6.23. The normalized spacial score (nSPS) is 10.3. The van der Waals surface area contributed by atoms with Gasteiger partial charge in [0.2, 0.25) is 0 Å². The molecule has 0 saturated heterocycles. The number of ether oxygens (including phenoxy) is 1. The Morgan fingerprint density at radius 1 is 1.44 bits per heavy atom. The third-order valence-electron chi connectivity index (χ3n) is 2.35. The highest BCUT2D eigenvalue weighted by atomic mass is 32.1. The molecule has 1 heterocycles. The number of thiazole rings is 1. The van der Waals surface area contributed by atoms with Gasteiger partial charge in [-0.05, 0) is 25.5 Å². The molecule has 1 aromatic heterocycles. The molecule has 0 bridgehead atoms. The van der Waals surface area contributed by atoms with Gasteiger partial charge in [-0.3, -0.25) is 10.1 Å². The molecule has 0 aliphatic carbocycles. The monoisotopic (exact) mass is 264 g/mol. The summed E-state index contributed by atoms with van der Waals surface area (Å²) in [7, 11) is 0. The zero-order valence-electron chi connectivity index (χ0n) is 10.0. The van der Waals surface area contributed by atoms with Gasteiger partial charge in [-0.2, -0.15) is 0 Å². The van der Waals surface area contributed by atoms with Gasteiger partial charge in [-0.1, -0.05) is 6.07 Å². The van der Waals surface area contributed by atoms with Gasteiger partial charge in [0.15, 0.2) is 5.75 Å². The molecular weight excluding hydrogens is 252 g/mol. The molecule has 0 aliphatic heterocycles. The minimum absolute atomic E-state index is 0.0208. The lowest BCUT2D eigenvalue weighted by Gasteiger charge is -2.05. The maximum atomic E-state index is 10.9. The zero-order valence-corrected chi connectivity index (χ0v) is 10.9. The van der Waals surface area contributed by atoms with Gasteiger partial charge < -0.3 is 4.74 Å². The van der Waals surface area contributed by atoms with Gasteiger partial charge in [0.05, 0.1) is 15.6 Å². The molecular formula is C12H12N2O3S. The van der Waals surface area contributed by atoms with Crippen LogP contribution in [0.15, 0.2) is 23.6 Å². The molecule has 2 rings (SSSR count). The highest BCUT2D eigenvalue weighted by molar-refractivity contribution is 7.09. The number of hydrogen-bond acceptors (Lipinski definition) is 5. The van der Waals surface area contributed by atoms with Crippen molar-refractivity contribution in [3.05, 3.63) is 50.0 Å². The third kappa shape index (κ3) is 2.84. The average molecular weight is 264 g/mol.